The van der Waals surface area contributed by atoms with Gasteiger partial charge in [0.05, 0.1) is 31.5 Å². The average molecular weight is 1030 g/mol. The van der Waals surface area contributed by atoms with E-state index in [1.807, 2.05) is 51.2 Å². The zero-order valence-corrected chi connectivity index (χ0v) is 45.3. The highest BCUT2D eigenvalue weighted by Gasteiger charge is 2.53. The van der Waals surface area contributed by atoms with E-state index in [0.29, 0.717) is 69.8 Å². The van der Waals surface area contributed by atoms with Crippen LogP contribution < -0.4 is 0 Å². The van der Waals surface area contributed by atoms with E-state index in [0.717, 1.165) is 10.5 Å². The first-order valence-corrected chi connectivity index (χ1v) is 26.4. The molecular weight excluding hydrogens is 943 g/mol. The number of hydrogen-bond donors (Lipinski definition) is 4. The van der Waals surface area contributed by atoms with E-state index in [1.54, 1.807) is 40.9 Å². The molecule has 15 atom stereocenters. The van der Waals surface area contributed by atoms with Gasteiger partial charge < -0.3 is 53.7 Å². The van der Waals surface area contributed by atoms with Crippen molar-refractivity contribution in [2.75, 3.05) is 41.1 Å². The van der Waals surface area contributed by atoms with Crippen molar-refractivity contribution in [3.8, 4) is 0 Å². The third kappa shape index (κ3) is 16.0. The lowest BCUT2D eigenvalue weighted by Gasteiger charge is -2.42. The monoisotopic (exact) mass is 1030 g/mol. The quantitative estimate of drug-likeness (QED) is 0.116. The second kappa shape index (κ2) is 28.3. The Balaban J connectivity index is 1.69. The topological polar surface area (TPSA) is 242 Å². The summed E-state index contributed by atoms with van der Waals surface area (Å²) in [7, 11) is 4.43. The van der Waals surface area contributed by atoms with E-state index in [2.05, 4.69) is 0 Å². The van der Waals surface area contributed by atoms with Gasteiger partial charge in [-0.3, -0.25) is 24.0 Å². The van der Waals surface area contributed by atoms with Gasteiger partial charge in [-0.1, -0.05) is 71.1 Å². The third-order valence-electron chi connectivity index (χ3n) is 15.9. The maximum Gasteiger partial charge on any atom is 0.329 e. The number of amides is 1. The molecule has 17 heteroatoms. The average Bonchev–Trinajstić information content (AvgIpc) is 3.37. The molecule has 4 N–H and O–H groups in total. The Bertz CT molecular complexity index is 2010. The largest absolute Gasteiger partial charge is 0.460 e. The predicted octanol–water partition coefficient (Wildman–Crippen LogP) is 5.72. The van der Waals surface area contributed by atoms with Crippen molar-refractivity contribution in [2.45, 2.75) is 187 Å². The van der Waals surface area contributed by atoms with Crippen LogP contribution in [-0.2, 0) is 57.2 Å². The number of rotatable bonds is 10. The second-order valence-corrected chi connectivity index (χ2v) is 21.8. The first-order chi connectivity index (χ1) is 34.5. The van der Waals surface area contributed by atoms with Gasteiger partial charge in [-0.25, -0.2) is 4.79 Å². The van der Waals surface area contributed by atoms with Crippen molar-refractivity contribution >= 4 is 35.2 Å². The molecule has 0 aromatic heterocycles. The van der Waals surface area contributed by atoms with Crippen molar-refractivity contribution in [3.63, 3.8) is 0 Å². The maximum atomic E-state index is 14.5. The molecule has 3 heterocycles. The van der Waals surface area contributed by atoms with Gasteiger partial charge in [0.25, 0.3) is 11.7 Å². The number of methoxy groups -OCH3 is 3. The molecule has 17 nitrogen and oxygen atoms in total. The molecule has 0 aromatic rings. The molecule has 412 valence electrons. The number of nitrogens with zero attached hydrogens (tertiary/aromatic N) is 1. The Morgan fingerprint density at radius 2 is 1.56 bits per heavy atom. The number of hydrogen-bond acceptors (Lipinski definition) is 16. The van der Waals surface area contributed by atoms with Gasteiger partial charge in [0.15, 0.2) is 5.78 Å². The Hall–Kier alpha value is -3.94. The molecule has 4 aliphatic rings. The van der Waals surface area contributed by atoms with Crippen molar-refractivity contribution in [3.05, 3.63) is 47.6 Å². The van der Waals surface area contributed by atoms with E-state index < -0.39 is 120 Å². The molecular formula is C56H87NO16. The highest BCUT2D eigenvalue weighted by Crippen LogP contribution is 2.38. The number of ether oxygens (including phenoxy) is 6. The summed E-state index contributed by atoms with van der Waals surface area (Å²) in [6.45, 7) is 12.7. The maximum absolute atomic E-state index is 14.5. The molecule has 3 fully saturated rings. The Labute approximate surface area is 433 Å². The molecule has 1 amide bonds. The van der Waals surface area contributed by atoms with Gasteiger partial charge in [0.2, 0.25) is 5.79 Å². The molecule has 2 saturated heterocycles. The number of allylic oxidation sites excluding steroid dienone is 6. The molecule has 0 spiro atoms. The number of carbonyl (C=O) groups is 6. The Morgan fingerprint density at radius 3 is 2.21 bits per heavy atom. The number of aliphatic hydroxyl groups excluding tert-OH is 3. The molecule has 73 heavy (non-hydrogen) atoms. The standard InChI is InChI=1S/C56H87NO16/c1-33-17-13-12-14-18-34(2)45(68-9)29-41-22-20-39(7)56(67,73-41)51(63)52(64)57-24-16-15-19-42(57)53(65)71-46(30-43(60)35(3)26-38(6)49(62)50(70-11)48(61)37(5)25-33)36(4)27-40-21-23-44(47(28-40)69-10)72-54(66)55(8,31-58)32-59/h12-14,17-18,26,33,35-37,39-42,44-47,49-50,58-59,62,67H,15-16,19-25,27-32H2,1-11H3/b14-12?,17-13-,34-18?,38-26-/t33-,35-,36-,37-,39-,40-,41+,42+,44-,45+,46+,47-,49-,50+,56-/m1/s1. The van der Waals surface area contributed by atoms with Crippen LogP contribution in [-0.4, -0.2) is 156 Å². The van der Waals surface area contributed by atoms with Gasteiger partial charge in [-0.15, -0.1) is 0 Å². The van der Waals surface area contributed by atoms with E-state index in [9.17, 15) is 49.2 Å². The van der Waals surface area contributed by atoms with Crippen LogP contribution in [0.25, 0.3) is 0 Å². The predicted molar refractivity (Wildman–Crippen MR) is 271 cm³/mol. The lowest BCUT2D eigenvalue weighted by Crippen LogP contribution is -2.61. The minimum Gasteiger partial charge on any atom is -0.460 e. The fourth-order valence-corrected chi connectivity index (χ4v) is 10.7. The molecule has 3 aliphatic heterocycles. The van der Waals surface area contributed by atoms with Gasteiger partial charge in [-0.05, 0) is 114 Å². The summed E-state index contributed by atoms with van der Waals surface area (Å²) in [5, 5.41) is 43.1. The number of carbonyl (C=O) groups excluding carboxylic acids is 6. The fraction of sp³-hybridized carbons (Fsp3) is 0.750. The van der Waals surface area contributed by atoms with Crippen molar-refractivity contribution in [1.82, 2.24) is 4.90 Å². The summed E-state index contributed by atoms with van der Waals surface area (Å²) in [5.41, 5.74) is -0.277. The first-order valence-electron chi connectivity index (χ1n) is 26.4. The normalized spacial score (nSPS) is 36.3. The molecule has 2 bridgehead atoms. The van der Waals surface area contributed by atoms with Crippen LogP contribution in [0.4, 0.5) is 0 Å². The van der Waals surface area contributed by atoms with Gasteiger partial charge in [0.1, 0.15) is 41.7 Å². The highest BCUT2D eigenvalue weighted by atomic mass is 16.6. The summed E-state index contributed by atoms with van der Waals surface area (Å²) in [6.07, 6.45) is 9.76. The van der Waals surface area contributed by atoms with Crippen LogP contribution in [0, 0.1) is 40.9 Å². The molecule has 0 aromatic carbocycles. The molecule has 0 unspecified atom stereocenters. The van der Waals surface area contributed by atoms with Gasteiger partial charge >= 0.3 is 11.9 Å². The Kier molecular flexibility index (Phi) is 23.9. The number of Topliss-reactive ketones (excluding diaryl/α,β-unsaturated/α-hetero) is 3. The zero-order valence-electron chi connectivity index (χ0n) is 45.3. The van der Waals surface area contributed by atoms with E-state index in [-0.39, 0.29) is 42.8 Å². The van der Waals surface area contributed by atoms with Crippen LogP contribution in [0.15, 0.2) is 47.6 Å². The molecule has 4 rings (SSSR count). The number of aliphatic hydroxyl groups is 4. The number of fused-ring (bicyclic) bond motifs is 3. The Morgan fingerprint density at radius 1 is 0.863 bits per heavy atom. The smallest absolute Gasteiger partial charge is 0.329 e. The van der Waals surface area contributed by atoms with Crippen LogP contribution >= 0.6 is 0 Å². The van der Waals surface area contributed by atoms with Crippen LogP contribution in [0.5, 0.6) is 0 Å². The molecule has 0 radical (unpaired) electrons. The zero-order chi connectivity index (χ0) is 54.4. The van der Waals surface area contributed by atoms with Crippen molar-refractivity contribution < 1.29 is 77.6 Å². The highest BCUT2D eigenvalue weighted by molar-refractivity contribution is 6.39. The molecule has 1 aliphatic carbocycles. The minimum atomic E-state index is -2.47. The van der Waals surface area contributed by atoms with Crippen LogP contribution in [0.3, 0.4) is 0 Å². The first kappa shape index (κ1) is 61.6. The van der Waals surface area contributed by atoms with Crippen molar-refractivity contribution in [1.29, 1.82) is 0 Å². The number of ketones is 3. The SMILES string of the molecule is CO[C@H]1C[C@@H]2CC[C@@H](C)[C@@](O)(O2)C(=O)C(=O)N2CCCC[C@H]2C(=O)O[C@H]([C@H](C)C[C@H]2CC[C@@H](OC(=O)C(C)(CO)CO)[C@H](OC)C2)CC(=O)[C@H](C)/C=C(/C)[C@@H](O)[C@@H](OC)C(=O)[C@H](C)C[C@H](C)/C=C\C=CC=C1C. The van der Waals surface area contributed by atoms with Crippen LogP contribution in [0.1, 0.15) is 132 Å². The fourth-order valence-electron chi connectivity index (χ4n) is 10.7. The number of piperidine rings is 1. The summed E-state index contributed by atoms with van der Waals surface area (Å²) in [5.74, 6) is -9.36. The molecule has 1 saturated carbocycles. The summed E-state index contributed by atoms with van der Waals surface area (Å²) in [6, 6.07) is -1.20. The van der Waals surface area contributed by atoms with Crippen LogP contribution in [0.2, 0.25) is 0 Å². The van der Waals surface area contributed by atoms with E-state index in [1.165, 1.54) is 21.1 Å². The lowest BCUT2D eigenvalue weighted by molar-refractivity contribution is -0.265. The second-order valence-electron chi connectivity index (χ2n) is 21.8. The van der Waals surface area contributed by atoms with E-state index in [4.69, 9.17) is 28.4 Å². The summed E-state index contributed by atoms with van der Waals surface area (Å²) in [4.78, 5) is 85.4. The minimum absolute atomic E-state index is 0.00697. The summed E-state index contributed by atoms with van der Waals surface area (Å²) < 4.78 is 35.4. The number of esters is 2. The lowest BCUT2D eigenvalue weighted by atomic mass is 9.78. The summed E-state index contributed by atoms with van der Waals surface area (Å²) >= 11 is 0. The van der Waals surface area contributed by atoms with E-state index >= 15 is 0 Å². The number of cyclic esters (lactones) is 1. The van der Waals surface area contributed by atoms with Crippen molar-refractivity contribution in [2.24, 2.45) is 40.9 Å². The van der Waals surface area contributed by atoms with Gasteiger partial charge in [-0.2, -0.15) is 0 Å². The van der Waals surface area contributed by atoms with Gasteiger partial charge in [0, 0.05) is 58.5 Å². The third-order valence-corrected chi connectivity index (χ3v) is 15.9.